The summed E-state index contributed by atoms with van der Waals surface area (Å²) in [7, 11) is 1.40. The average molecular weight is 577 g/mol. The van der Waals surface area contributed by atoms with Gasteiger partial charge in [-0.15, -0.1) is 0 Å². The number of halogens is 1. The molecule has 0 spiro atoms. The third kappa shape index (κ3) is 4.52. The predicted octanol–water partition coefficient (Wildman–Crippen LogP) is 6.26. The van der Waals surface area contributed by atoms with Gasteiger partial charge < -0.3 is 14.9 Å². The van der Waals surface area contributed by atoms with Gasteiger partial charge in [0.25, 0.3) is 5.91 Å². The van der Waals surface area contributed by atoms with Crippen molar-refractivity contribution in [2.45, 2.75) is 13.0 Å². The lowest BCUT2D eigenvalue weighted by molar-refractivity contribution is -0.117. The Morgan fingerprint density at radius 1 is 1.14 bits per heavy atom. The number of aryl methyl sites for hydroxylation is 1. The zero-order valence-electron chi connectivity index (χ0n) is 19.8. The van der Waals surface area contributed by atoms with E-state index in [1.807, 2.05) is 55.5 Å². The first-order chi connectivity index (χ1) is 17.8. The lowest BCUT2D eigenvalue weighted by atomic mass is 9.95. The minimum atomic E-state index is -1.01. The number of aliphatic hydroxyl groups excluding tert-OH is 1. The topological polar surface area (TPSA) is 100.0 Å². The highest BCUT2D eigenvalue weighted by Crippen LogP contribution is 2.46. The number of phenolic OH excluding ortho intramolecular Hbond substituents is 1. The molecule has 37 heavy (non-hydrogen) atoms. The molecule has 0 fully saturated rings. The summed E-state index contributed by atoms with van der Waals surface area (Å²) in [6.45, 7) is 1.96. The van der Waals surface area contributed by atoms with Gasteiger partial charge in [-0.3, -0.25) is 14.5 Å². The molecule has 1 aliphatic rings. The second kappa shape index (κ2) is 9.84. The number of fused-ring (bicyclic) bond motifs is 1. The van der Waals surface area contributed by atoms with Gasteiger partial charge in [0.2, 0.25) is 0 Å². The first-order valence-corrected chi connectivity index (χ1v) is 12.9. The van der Waals surface area contributed by atoms with Crippen molar-refractivity contribution in [2.75, 3.05) is 12.0 Å². The quantitative estimate of drug-likeness (QED) is 0.263. The van der Waals surface area contributed by atoms with Crippen molar-refractivity contribution in [3.05, 3.63) is 99.2 Å². The van der Waals surface area contributed by atoms with Crippen molar-refractivity contribution >= 4 is 60.4 Å². The monoisotopic (exact) mass is 576 g/mol. The summed E-state index contributed by atoms with van der Waals surface area (Å²) in [6, 6.07) is 17.1. The number of carbonyl (C=O) groups is 2. The van der Waals surface area contributed by atoms with E-state index in [4.69, 9.17) is 4.74 Å². The molecule has 5 rings (SSSR count). The number of allylic oxidation sites excluding steroid dienone is 1. The second-order valence-corrected chi connectivity index (χ2v) is 10.3. The maximum atomic E-state index is 13.5. The molecule has 0 saturated carbocycles. The molecule has 7 nitrogen and oxygen atoms in total. The molecule has 9 heteroatoms. The summed E-state index contributed by atoms with van der Waals surface area (Å²) in [5.41, 5.74) is 2.90. The van der Waals surface area contributed by atoms with E-state index in [1.54, 1.807) is 12.1 Å². The number of benzene rings is 3. The summed E-state index contributed by atoms with van der Waals surface area (Å²) in [5, 5.41) is 21.7. The number of anilines is 1. The molecule has 2 N–H and O–H groups in total. The van der Waals surface area contributed by atoms with Crippen molar-refractivity contribution in [3.63, 3.8) is 0 Å². The molecule has 1 aromatic heterocycles. The molecule has 0 saturated heterocycles. The third-order valence-electron chi connectivity index (χ3n) is 6.03. The highest BCUT2D eigenvalue weighted by molar-refractivity contribution is 9.10. The number of hydrogen-bond donors (Lipinski definition) is 2. The van der Waals surface area contributed by atoms with Crippen molar-refractivity contribution in [3.8, 4) is 11.5 Å². The highest BCUT2D eigenvalue weighted by Gasteiger charge is 2.45. The average Bonchev–Trinajstić information content (AvgIpc) is 3.42. The van der Waals surface area contributed by atoms with Gasteiger partial charge in [0.15, 0.2) is 28.2 Å². The molecule has 0 bridgehead atoms. The van der Waals surface area contributed by atoms with Gasteiger partial charge in [-0.25, -0.2) is 4.98 Å². The summed E-state index contributed by atoms with van der Waals surface area (Å²) >= 11 is 4.61. The van der Waals surface area contributed by atoms with Gasteiger partial charge in [-0.2, -0.15) is 0 Å². The number of ketones is 1. The lowest BCUT2D eigenvalue weighted by Gasteiger charge is -2.25. The number of aromatic hydroxyl groups is 1. The van der Waals surface area contributed by atoms with Crippen LogP contribution in [0.5, 0.6) is 11.5 Å². The van der Waals surface area contributed by atoms with Crippen molar-refractivity contribution in [1.82, 2.24) is 4.98 Å². The second-order valence-electron chi connectivity index (χ2n) is 8.47. The fourth-order valence-corrected chi connectivity index (χ4v) is 5.78. The fraction of sp³-hybridized carbons (Fsp3) is 0.107. The number of aromatic nitrogens is 1. The van der Waals surface area contributed by atoms with Crippen LogP contribution in [-0.2, 0) is 9.59 Å². The molecule has 1 unspecified atom stereocenters. The largest absolute Gasteiger partial charge is 0.503 e. The fourth-order valence-electron chi connectivity index (χ4n) is 4.23. The van der Waals surface area contributed by atoms with Crippen LogP contribution in [0.15, 0.2) is 82.5 Å². The Bertz CT molecular complexity index is 1610. The van der Waals surface area contributed by atoms with E-state index in [1.165, 1.54) is 35.5 Å². The van der Waals surface area contributed by atoms with Gasteiger partial charge >= 0.3 is 0 Å². The Morgan fingerprint density at radius 3 is 2.62 bits per heavy atom. The van der Waals surface area contributed by atoms with E-state index in [-0.39, 0.29) is 17.1 Å². The molecular formula is C28H21BrN2O5S. The van der Waals surface area contributed by atoms with E-state index < -0.39 is 23.5 Å². The van der Waals surface area contributed by atoms with Crippen LogP contribution in [-0.4, -0.2) is 34.0 Å². The number of amides is 1. The molecule has 0 radical (unpaired) electrons. The first kappa shape index (κ1) is 24.7. The van der Waals surface area contributed by atoms with E-state index in [9.17, 15) is 19.8 Å². The van der Waals surface area contributed by atoms with Crippen LogP contribution in [0.1, 0.15) is 22.7 Å². The van der Waals surface area contributed by atoms with Crippen LogP contribution in [0.25, 0.3) is 16.3 Å². The number of aliphatic hydroxyl groups is 1. The third-order valence-corrected chi connectivity index (χ3v) is 7.65. The summed E-state index contributed by atoms with van der Waals surface area (Å²) in [5.74, 6) is -1.88. The molecule has 2 heterocycles. The maximum Gasteiger partial charge on any atom is 0.296 e. The number of rotatable bonds is 6. The Labute approximate surface area is 225 Å². The van der Waals surface area contributed by atoms with Gasteiger partial charge in [0.1, 0.15) is 0 Å². The Balaban J connectivity index is 1.66. The number of nitrogens with zero attached hydrogens (tertiary/aromatic N) is 2. The number of phenols is 1. The smallest absolute Gasteiger partial charge is 0.296 e. The molecule has 186 valence electrons. The predicted molar refractivity (Wildman–Crippen MR) is 147 cm³/mol. The summed E-state index contributed by atoms with van der Waals surface area (Å²) < 4.78 is 6.49. The number of ether oxygens (including phenoxy) is 1. The first-order valence-electron chi connectivity index (χ1n) is 11.3. The minimum Gasteiger partial charge on any atom is -0.503 e. The standard InChI is InChI=1S/C28H21BrN2O5S/c1-15-8-10-19-22(12-15)37-28(30-19)31-24(17-13-18(29)25(33)21(14-17)36-2)23(26(34)27(31)35)20(32)11-9-16-6-4-3-5-7-16/h3-14,24,33-34H,1-2H3/b11-9+. The zero-order chi connectivity index (χ0) is 26.3. The van der Waals surface area contributed by atoms with Gasteiger partial charge in [0, 0.05) is 0 Å². The van der Waals surface area contributed by atoms with Crippen LogP contribution < -0.4 is 9.64 Å². The molecule has 4 aromatic rings. The molecule has 1 amide bonds. The van der Waals surface area contributed by atoms with Crippen LogP contribution in [0.3, 0.4) is 0 Å². The number of methoxy groups -OCH3 is 1. The van der Waals surface area contributed by atoms with Crippen molar-refractivity contribution < 1.29 is 24.5 Å². The van der Waals surface area contributed by atoms with Crippen molar-refractivity contribution in [1.29, 1.82) is 0 Å². The van der Waals surface area contributed by atoms with Crippen LogP contribution in [0.2, 0.25) is 0 Å². The van der Waals surface area contributed by atoms with E-state index in [2.05, 4.69) is 20.9 Å². The van der Waals surface area contributed by atoms with E-state index in [0.717, 1.165) is 15.8 Å². The van der Waals surface area contributed by atoms with Gasteiger partial charge in [0.05, 0.1) is 33.4 Å². The Kier molecular flexibility index (Phi) is 6.57. The number of hydrogen-bond acceptors (Lipinski definition) is 7. The van der Waals surface area contributed by atoms with Crippen LogP contribution in [0, 0.1) is 6.92 Å². The number of thiazole rings is 1. The Hall–Kier alpha value is -3.95. The lowest BCUT2D eigenvalue weighted by Crippen LogP contribution is -2.30. The van der Waals surface area contributed by atoms with Gasteiger partial charge in [-0.1, -0.05) is 53.8 Å². The molecule has 0 aliphatic carbocycles. The summed E-state index contributed by atoms with van der Waals surface area (Å²) in [6.07, 6.45) is 2.96. The molecule has 3 aromatic carbocycles. The normalized spacial score (nSPS) is 15.8. The minimum absolute atomic E-state index is 0.0905. The number of carbonyl (C=O) groups excluding carboxylic acids is 2. The summed E-state index contributed by atoms with van der Waals surface area (Å²) in [4.78, 5) is 32.9. The molecule has 1 aliphatic heterocycles. The highest BCUT2D eigenvalue weighted by atomic mass is 79.9. The SMILES string of the molecule is COc1cc(C2C(C(=O)/C=C/c3ccccc3)=C(O)C(=O)N2c2nc3ccc(C)cc3s2)cc(Br)c1O. The Morgan fingerprint density at radius 2 is 1.89 bits per heavy atom. The molecular weight excluding hydrogens is 556 g/mol. The molecule has 1 atom stereocenters. The van der Waals surface area contributed by atoms with E-state index >= 15 is 0 Å². The van der Waals surface area contributed by atoms with Crippen molar-refractivity contribution in [2.24, 2.45) is 0 Å². The van der Waals surface area contributed by atoms with Gasteiger partial charge in [-0.05, 0) is 69.9 Å². The maximum absolute atomic E-state index is 13.5. The zero-order valence-corrected chi connectivity index (χ0v) is 22.2. The van der Waals surface area contributed by atoms with Crippen LogP contribution >= 0.6 is 27.3 Å². The van der Waals surface area contributed by atoms with E-state index in [0.29, 0.717) is 20.7 Å². The van der Waals surface area contributed by atoms with Crippen LogP contribution in [0.4, 0.5) is 5.13 Å².